The average Bonchev–Trinajstić information content (AvgIpc) is 3.15. The van der Waals surface area contributed by atoms with Gasteiger partial charge in [0.2, 0.25) is 15.9 Å². The molecule has 1 aromatic heterocycles. The number of hydrogen-bond acceptors (Lipinski definition) is 8. The Kier molecular flexibility index (Phi) is 8.86. The van der Waals surface area contributed by atoms with E-state index in [0.29, 0.717) is 22.9 Å². The minimum absolute atomic E-state index is 0.0349. The van der Waals surface area contributed by atoms with E-state index < -0.39 is 37.5 Å². The maximum atomic E-state index is 13.0. The van der Waals surface area contributed by atoms with Crippen molar-refractivity contribution in [2.45, 2.75) is 31.7 Å². The number of rotatable bonds is 11. The van der Waals surface area contributed by atoms with Crippen LogP contribution in [0.1, 0.15) is 29.9 Å². The number of non-ortho nitro benzene ring substituents is 1. The Labute approximate surface area is 218 Å². The van der Waals surface area contributed by atoms with Gasteiger partial charge in [-0.05, 0) is 51.1 Å². The Morgan fingerprint density at radius 1 is 1.22 bits per heavy atom. The molecule has 0 saturated carbocycles. The highest BCUT2D eigenvalue weighted by Crippen LogP contribution is 2.36. The first kappa shape index (κ1) is 28.1. The monoisotopic (exact) mass is 551 g/mol. The molecule has 0 saturated heterocycles. The standard InChI is InChI=1S/C23H26ClN5O7S/c1-14(2)27-37(33,34)20-13-18(29(31)32)9-10-19(20)36-23-15(3)21(22(30)25-11-12-35-4)26-28(23)17-7-5-16(24)6-8-17/h5-10,13-14,27H,11-12H2,1-4H3,(H,25,30). The number of aromatic nitrogens is 2. The normalized spacial score (nSPS) is 11.5. The van der Waals surface area contributed by atoms with E-state index in [9.17, 15) is 23.3 Å². The third-order valence-electron chi connectivity index (χ3n) is 4.97. The van der Waals surface area contributed by atoms with E-state index in [1.54, 1.807) is 45.0 Å². The highest BCUT2D eigenvalue weighted by atomic mass is 35.5. The zero-order valence-corrected chi connectivity index (χ0v) is 22.1. The number of ether oxygens (including phenoxy) is 2. The van der Waals surface area contributed by atoms with Gasteiger partial charge < -0.3 is 14.8 Å². The van der Waals surface area contributed by atoms with Crippen LogP contribution in [0.5, 0.6) is 11.6 Å². The zero-order valence-electron chi connectivity index (χ0n) is 20.5. The molecule has 1 amide bonds. The van der Waals surface area contributed by atoms with Gasteiger partial charge in [0.05, 0.1) is 17.2 Å². The molecule has 0 spiro atoms. The fourth-order valence-electron chi connectivity index (χ4n) is 3.31. The van der Waals surface area contributed by atoms with E-state index in [1.165, 1.54) is 17.9 Å². The van der Waals surface area contributed by atoms with Crippen molar-refractivity contribution in [1.82, 2.24) is 19.8 Å². The van der Waals surface area contributed by atoms with Crippen LogP contribution in [0.25, 0.3) is 5.69 Å². The third kappa shape index (κ3) is 6.63. The number of nitro groups is 1. The van der Waals surface area contributed by atoms with Crippen LogP contribution >= 0.6 is 11.6 Å². The molecule has 198 valence electrons. The topological polar surface area (TPSA) is 155 Å². The lowest BCUT2D eigenvalue weighted by Crippen LogP contribution is -2.30. The summed E-state index contributed by atoms with van der Waals surface area (Å²) >= 11 is 6.01. The molecule has 3 rings (SSSR count). The second-order valence-corrected chi connectivity index (χ2v) is 10.3. The number of methoxy groups -OCH3 is 1. The number of sulfonamides is 1. The van der Waals surface area contributed by atoms with Crippen molar-refractivity contribution in [3.8, 4) is 17.3 Å². The lowest BCUT2D eigenvalue weighted by molar-refractivity contribution is -0.385. The van der Waals surface area contributed by atoms with Gasteiger partial charge in [-0.3, -0.25) is 14.9 Å². The van der Waals surface area contributed by atoms with E-state index >= 15 is 0 Å². The second-order valence-electron chi connectivity index (χ2n) is 8.18. The molecule has 14 heteroatoms. The maximum absolute atomic E-state index is 13.0. The van der Waals surface area contributed by atoms with Crippen molar-refractivity contribution in [2.24, 2.45) is 0 Å². The van der Waals surface area contributed by atoms with Crippen molar-refractivity contribution in [1.29, 1.82) is 0 Å². The molecule has 12 nitrogen and oxygen atoms in total. The van der Waals surface area contributed by atoms with Gasteiger partial charge in [0.15, 0.2) is 5.69 Å². The van der Waals surface area contributed by atoms with Gasteiger partial charge in [-0.2, -0.15) is 9.78 Å². The molecule has 0 atom stereocenters. The molecule has 0 aliphatic heterocycles. The van der Waals surface area contributed by atoms with Crippen LogP contribution in [-0.4, -0.2) is 55.3 Å². The van der Waals surface area contributed by atoms with Crippen molar-refractivity contribution in [2.75, 3.05) is 20.3 Å². The third-order valence-corrected chi connectivity index (χ3v) is 6.90. The quantitative estimate of drug-likeness (QED) is 0.208. The number of nitrogens with one attached hydrogen (secondary N) is 2. The fourth-order valence-corrected chi connectivity index (χ4v) is 4.83. The molecule has 0 unspecified atom stereocenters. The summed E-state index contributed by atoms with van der Waals surface area (Å²) in [6, 6.07) is 9.25. The van der Waals surface area contributed by atoms with Gasteiger partial charge in [0.1, 0.15) is 10.6 Å². The van der Waals surface area contributed by atoms with E-state index in [1.807, 2.05) is 0 Å². The van der Waals surface area contributed by atoms with E-state index in [4.69, 9.17) is 21.1 Å². The molecule has 3 aromatic rings. The van der Waals surface area contributed by atoms with Gasteiger partial charge in [-0.25, -0.2) is 13.1 Å². The Balaban J connectivity index is 2.17. The van der Waals surface area contributed by atoms with Gasteiger partial charge in [-0.1, -0.05) is 11.6 Å². The number of carbonyl (C=O) groups is 1. The zero-order chi connectivity index (χ0) is 27.3. The highest BCUT2D eigenvalue weighted by Gasteiger charge is 2.28. The lowest BCUT2D eigenvalue weighted by Gasteiger charge is -2.15. The van der Waals surface area contributed by atoms with E-state index in [-0.39, 0.29) is 23.9 Å². The van der Waals surface area contributed by atoms with Crippen molar-refractivity contribution in [3.05, 3.63) is 68.9 Å². The Hall–Kier alpha value is -3.52. The number of halogens is 1. The number of nitrogens with zero attached hydrogens (tertiary/aromatic N) is 3. The maximum Gasteiger partial charge on any atom is 0.272 e. The summed E-state index contributed by atoms with van der Waals surface area (Å²) in [5, 5.41) is 18.9. The number of nitro benzene ring substituents is 1. The highest BCUT2D eigenvalue weighted by molar-refractivity contribution is 7.89. The number of benzene rings is 2. The van der Waals surface area contributed by atoms with E-state index in [2.05, 4.69) is 15.1 Å². The first-order valence-electron chi connectivity index (χ1n) is 11.1. The van der Waals surface area contributed by atoms with Crippen molar-refractivity contribution >= 4 is 33.2 Å². The average molecular weight is 552 g/mol. The summed E-state index contributed by atoms with van der Waals surface area (Å²) in [5.41, 5.74) is 0.388. The summed E-state index contributed by atoms with van der Waals surface area (Å²) in [6.07, 6.45) is 0. The van der Waals surface area contributed by atoms with Crippen LogP contribution in [0.3, 0.4) is 0 Å². The predicted octanol–water partition coefficient (Wildman–Crippen LogP) is 3.60. The first-order chi connectivity index (χ1) is 17.4. The molecule has 37 heavy (non-hydrogen) atoms. The Morgan fingerprint density at radius 2 is 1.89 bits per heavy atom. The molecule has 2 aromatic carbocycles. The van der Waals surface area contributed by atoms with Crippen LogP contribution < -0.4 is 14.8 Å². The summed E-state index contributed by atoms with van der Waals surface area (Å²) in [6.45, 7) is 5.35. The SMILES string of the molecule is COCCNC(=O)c1nn(-c2ccc(Cl)cc2)c(Oc2ccc([N+](=O)[O-])cc2S(=O)(=O)NC(C)C)c1C. The number of amides is 1. The molecule has 1 heterocycles. The molecule has 0 aliphatic rings. The number of carbonyl (C=O) groups excluding carboxylic acids is 1. The summed E-state index contributed by atoms with van der Waals surface area (Å²) in [5.74, 6) is -0.650. The van der Waals surface area contributed by atoms with Crippen LogP contribution in [0.4, 0.5) is 5.69 Å². The summed E-state index contributed by atoms with van der Waals surface area (Å²) < 4.78 is 40.8. The van der Waals surface area contributed by atoms with Crippen LogP contribution in [0.15, 0.2) is 47.4 Å². The summed E-state index contributed by atoms with van der Waals surface area (Å²) in [4.78, 5) is 23.0. The predicted molar refractivity (Wildman–Crippen MR) is 136 cm³/mol. The molecule has 2 N–H and O–H groups in total. The van der Waals surface area contributed by atoms with Gasteiger partial charge in [0, 0.05) is 42.4 Å². The minimum atomic E-state index is -4.21. The van der Waals surface area contributed by atoms with Crippen molar-refractivity contribution in [3.63, 3.8) is 0 Å². The van der Waals surface area contributed by atoms with E-state index in [0.717, 1.165) is 12.1 Å². The first-order valence-corrected chi connectivity index (χ1v) is 12.9. The number of hydrogen-bond donors (Lipinski definition) is 2. The van der Waals surface area contributed by atoms with Gasteiger partial charge >= 0.3 is 0 Å². The molecule has 0 fully saturated rings. The smallest absolute Gasteiger partial charge is 0.272 e. The molecular formula is C23H26ClN5O7S. The fraction of sp³-hybridized carbons (Fsp3) is 0.304. The molecular weight excluding hydrogens is 526 g/mol. The lowest BCUT2D eigenvalue weighted by atomic mass is 10.2. The van der Waals surface area contributed by atoms with Crippen molar-refractivity contribution < 1.29 is 27.6 Å². The Bertz CT molecular complexity index is 1410. The molecule has 0 bridgehead atoms. The largest absolute Gasteiger partial charge is 0.437 e. The minimum Gasteiger partial charge on any atom is -0.437 e. The van der Waals surface area contributed by atoms with Crippen LogP contribution in [0.2, 0.25) is 5.02 Å². The Morgan fingerprint density at radius 3 is 2.49 bits per heavy atom. The molecule has 0 aliphatic carbocycles. The summed E-state index contributed by atoms with van der Waals surface area (Å²) in [7, 11) is -2.70. The van der Waals surface area contributed by atoms with Crippen LogP contribution in [-0.2, 0) is 14.8 Å². The second kappa shape index (κ2) is 11.7. The van der Waals surface area contributed by atoms with Crippen LogP contribution in [0, 0.1) is 17.0 Å². The van der Waals surface area contributed by atoms with Gasteiger partial charge in [-0.15, -0.1) is 0 Å². The van der Waals surface area contributed by atoms with Gasteiger partial charge in [0.25, 0.3) is 11.6 Å². The molecule has 0 radical (unpaired) electrons.